The number of nitrogens with one attached hydrogen (secondary N) is 1. The van der Waals surface area contributed by atoms with Gasteiger partial charge in [-0.3, -0.25) is 4.90 Å². The molecule has 0 unspecified atom stereocenters. The Morgan fingerprint density at radius 2 is 2.08 bits per heavy atom. The average Bonchev–Trinajstić information content (AvgIpc) is 2.64. The Hall–Kier alpha value is -1.58. The van der Waals surface area contributed by atoms with Crippen LogP contribution in [0.15, 0.2) is 48.1 Å². The molecular formula is C22H34N2O. The first kappa shape index (κ1) is 19.7. The Balaban J connectivity index is 1.63. The number of nitrogens with zero attached hydrogens (tertiary/aromatic N) is 1. The third kappa shape index (κ3) is 8.37. The molecule has 0 aliphatic carbocycles. The van der Waals surface area contributed by atoms with Crippen molar-refractivity contribution in [1.29, 1.82) is 0 Å². The van der Waals surface area contributed by atoms with Crippen molar-refractivity contribution < 1.29 is 4.74 Å². The fourth-order valence-corrected chi connectivity index (χ4v) is 3.10. The van der Waals surface area contributed by atoms with Gasteiger partial charge in [-0.05, 0) is 70.4 Å². The van der Waals surface area contributed by atoms with Crippen molar-refractivity contribution in [3.63, 3.8) is 0 Å². The summed E-state index contributed by atoms with van der Waals surface area (Å²) in [6.45, 7) is 10.4. The molecule has 25 heavy (non-hydrogen) atoms. The zero-order valence-corrected chi connectivity index (χ0v) is 16.0. The summed E-state index contributed by atoms with van der Waals surface area (Å²) in [5.41, 5.74) is 2.71. The van der Waals surface area contributed by atoms with E-state index in [9.17, 15) is 0 Å². The highest BCUT2D eigenvalue weighted by Gasteiger charge is 2.10. The van der Waals surface area contributed by atoms with E-state index in [-0.39, 0.29) is 0 Å². The first-order valence-electron chi connectivity index (χ1n) is 9.71. The van der Waals surface area contributed by atoms with Crippen molar-refractivity contribution in [2.24, 2.45) is 0 Å². The maximum absolute atomic E-state index is 5.92. The van der Waals surface area contributed by atoms with E-state index in [2.05, 4.69) is 59.6 Å². The van der Waals surface area contributed by atoms with Gasteiger partial charge >= 0.3 is 0 Å². The second-order valence-corrected chi connectivity index (χ2v) is 6.90. The van der Waals surface area contributed by atoms with Gasteiger partial charge in [0.25, 0.3) is 0 Å². The predicted octanol–water partition coefficient (Wildman–Crippen LogP) is 4.55. The minimum atomic E-state index is 0.762. The number of benzene rings is 1. The van der Waals surface area contributed by atoms with Crippen LogP contribution in [0.25, 0.3) is 0 Å². The van der Waals surface area contributed by atoms with E-state index in [1.165, 1.54) is 43.5 Å². The molecule has 138 valence electrons. The molecule has 1 heterocycles. The van der Waals surface area contributed by atoms with Gasteiger partial charge in [0.1, 0.15) is 5.75 Å². The zero-order valence-electron chi connectivity index (χ0n) is 16.0. The monoisotopic (exact) mass is 342 g/mol. The second-order valence-electron chi connectivity index (χ2n) is 6.90. The third-order valence-corrected chi connectivity index (χ3v) is 4.50. The lowest BCUT2D eigenvalue weighted by atomic mass is 10.1. The molecule has 0 atom stereocenters. The molecule has 3 heteroatoms. The first-order valence-corrected chi connectivity index (χ1v) is 9.71. The largest absolute Gasteiger partial charge is 0.494 e. The molecule has 0 radical (unpaired) electrons. The molecule has 1 fully saturated rings. The lowest BCUT2D eigenvalue weighted by Gasteiger charge is -2.26. The molecule has 2 rings (SSSR count). The number of rotatable bonds is 10. The van der Waals surface area contributed by atoms with E-state index >= 15 is 0 Å². The molecule has 0 saturated carbocycles. The van der Waals surface area contributed by atoms with Crippen LogP contribution in [-0.2, 0) is 6.54 Å². The summed E-state index contributed by atoms with van der Waals surface area (Å²) in [4.78, 5) is 2.55. The minimum Gasteiger partial charge on any atom is -0.494 e. The molecule has 1 N–H and O–H groups in total. The number of likely N-dealkylation sites (tertiary alicyclic amines) is 1. The van der Waals surface area contributed by atoms with Crippen molar-refractivity contribution in [3.05, 3.63) is 53.6 Å². The molecule has 1 aliphatic heterocycles. The Labute approximate surface area is 153 Å². The third-order valence-electron chi connectivity index (χ3n) is 4.50. The van der Waals surface area contributed by atoms with Crippen molar-refractivity contribution in [1.82, 2.24) is 10.2 Å². The standard InChI is InChI=1S/C22H34N2O/c1-3-4-10-20(2)18-23-13-9-16-25-22-12-8-11-21(17-22)19-24-14-6-5-7-15-24/h3-4,8,10-12,17,23H,5-7,9,13-16,18-19H2,1-2H3/b4-3-,20-10+. The van der Waals surface area contributed by atoms with Crippen LogP contribution in [0.2, 0.25) is 0 Å². The Morgan fingerprint density at radius 1 is 1.24 bits per heavy atom. The quantitative estimate of drug-likeness (QED) is 0.498. The summed E-state index contributed by atoms with van der Waals surface area (Å²) in [5.74, 6) is 0.999. The van der Waals surface area contributed by atoms with Crippen LogP contribution in [0.5, 0.6) is 5.75 Å². The lowest BCUT2D eigenvalue weighted by Crippen LogP contribution is -2.29. The summed E-state index contributed by atoms with van der Waals surface area (Å²) in [7, 11) is 0. The number of hydrogen-bond donors (Lipinski definition) is 1. The number of allylic oxidation sites excluding steroid dienone is 3. The molecule has 0 bridgehead atoms. The first-order chi connectivity index (χ1) is 12.3. The molecule has 1 aromatic carbocycles. The second kappa shape index (κ2) is 11.9. The van der Waals surface area contributed by atoms with E-state index in [1.54, 1.807) is 0 Å². The molecule has 1 aromatic rings. The van der Waals surface area contributed by atoms with Gasteiger partial charge in [0.2, 0.25) is 0 Å². The number of hydrogen-bond acceptors (Lipinski definition) is 3. The van der Waals surface area contributed by atoms with Crippen LogP contribution in [0.1, 0.15) is 45.1 Å². The van der Waals surface area contributed by atoms with Crippen LogP contribution < -0.4 is 10.1 Å². The highest BCUT2D eigenvalue weighted by atomic mass is 16.5. The fraction of sp³-hybridized carbons (Fsp3) is 0.545. The van der Waals surface area contributed by atoms with Crippen LogP contribution in [0.3, 0.4) is 0 Å². The molecule has 1 aliphatic rings. The van der Waals surface area contributed by atoms with E-state index in [4.69, 9.17) is 4.74 Å². The Bertz CT molecular complexity index is 545. The van der Waals surface area contributed by atoms with Gasteiger partial charge < -0.3 is 10.1 Å². The molecule has 1 saturated heterocycles. The van der Waals surface area contributed by atoms with E-state index in [0.29, 0.717) is 0 Å². The van der Waals surface area contributed by atoms with Gasteiger partial charge in [0.15, 0.2) is 0 Å². The lowest BCUT2D eigenvalue weighted by molar-refractivity contribution is 0.220. The molecular weight excluding hydrogens is 308 g/mol. The van der Waals surface area contributed by atoms with E-state index in [1.807, 2.05) is 6.92 Å². The van der Waals surface area contributed by atoms with Crippen LogP contribution >= 0.6 is 0 Å². The molecule has 0 spiro atoms. The van der Waals surface area contributed by atoms with Gasteiger partial charge in [-0.25, -0.2) is 0 Å². The van der Waals surface area contributed by atoms with Crippen molar-refractivity contribution in [2.45, 2.75) is 46.1 Å². The van der Waals surface area contributed by atoms with Crippen LogP contribution in [0.4, 0.5) is 0 Å². The van der Waals surface area contributed by atoms with Crippen LogP contribution in [-0.4, -0.2) is 37.7 Å². The average molecular weight is 343 g/mol. The summed E-state index contributed by atoms with van der Waals surface area (Å²) < 4.78 is 5.92. The summed E-state index contributed by atoms with van der Waals surface area (Å²) in [6.07, 6.45) is 11.4. The van der Waals surface area contributed by atoms with Gasteiger partial charge in [-0.1, -0.05) is 42.4 Å². The SMILES string of the molecule is C/C=C\C=C(/C)CNCCCOc1cccc(CN2CCCCC2)c1. The number of piperidine rings is 1. The summed E-state index contributed by atoms with van der Waals surface area (Å²) in [6, 6.07) is 8.59. The zero-order chi connectivity index (χ0) is 17.7. The smallest absolute Gasteiger partial charge is 0.119 e. The van der Waals surface area contributed by atoms with Crippen molar-refractivity contribution in [3.8, 4) is 5.75 Å². The van der Waals surface area contributed by atoms with Gasteiger partial charge in [-0.15, -0.1) is 0 Å². The van der Waals surface area contributed by atoms with E-state index < -0.39 is 0 Å². The Kier molecular flexibility index (Phi) is 9.38. The summed E-state index contributed by atoms with van der Waals surface area (Å²) in [5, 5.41) is 3.46. The van der Waals surface area contributed by atoms with Gasteiger partial charge in [0, 0.05) is 13.1 Å². The summed E-state index contributed by atoms with van der Waals surface area (Å²) >= 11 is 0. The highest BCUT2D eigenvalue weighted by Crippen LogP contribution is 2.17. The van der Waals surface area contributed by atoms with Crippen LogP contribution in [0, 0.1) is 0 Å². The minimum absolute atomic E-state index is 0.762. The van der Waals surface area contributed by atoms with Gasteiger partial charge in [0.05, 0.1) is 6.61 Å². The Morgan fingerprint density at radius 3 is 2.88 bits per heavy atom. The maximum atomic E-state index is 5.92. The molecule has 3 nitrogen and oxygen atoms in total. The van der Waals surface area contributed by atoms with Crippen molar-refractivity contribution in [2.75, 3.05) is 32.8 Å². The maximum Gasteiger partial charge on any atom is 0.119 e. The molecule has 0 aromatic heterocycles. The highest BCUT2D eigenvalue weighted by molar-refractivity contribution is 5.28. The fourth-order valence-electron chi connectivity index (χ4n) is 3.10. The predicted molar refractivity (Wildman–Crippen MR) is 107 cm³/mol. The topological polar surface area (TPSA) is 24.5 Å². The normalized spacial score (nSPS) is 16.5. The van der Waals surface area contributed by atoms with Crippen molar-refractivity contribution >= 4 is 0 Å². The number of ether oxygens (including phenoxy) is 1. The molecule has 0 amide bonds. The van der Waals surface area contributed by atoms with E-state index in [0.717, 1.165) is 38.4 Å². The van der Waals surface area contributed by atoms with Gasteiger partial charge in [-0.2, -0.15) is 0 Å².